The highest BCUT2D eigenvalue weighted by Gasteiger charge is 2.15. The molecule has 0 aliphatic heterocycles. The standard InChI is InChI=1S/C18H21N3O/c1-12(2)14-9-7-13(8-10-14)11-19-17-15-5-3-4-6-16(15)18(22)21-20-17/h3-7,14H,1,8-11H2,2H3,(H,19,20)(H,21,22)/t14-/m0/s1. The summed E-state index contributed by atoms with van der Waals surface area (Å²) in [5.41, 5.74) is 2.52. The Kier molecular flexibility index (Phi) is 4.09. The summed E-state index contributed by atoms with van der Waals surface area (Å²) in [5.74, 6) is 1.36. The van der Waals surface area contributed by atoms with E-state index in [0.717, 1.165) is 30.6 Å². The molecule has 0 amide bonds. The number of hydrogen-bond acceptors (Lipinski definition) is 3. The molecule has 1 atom stereocenters. The van der Waals surface area contributed by atoms with E-state index in [9.17, 15) is 4.79 Å². The van der Waals surface area contributed by atoms with Crippen molar-refractivity contribution in [1.82, 2.24) is 10.2 Å². The van der Waals surface area contributed by atoms with Gasteiger partial charge in [-0.3, -0.25) is 4.79 Å². The zero-order valence-electron chi connectivity index (χ0n) is 12.9. The number of aromatic amines is 1. The van der Waals surface area contributed by atoms with Crippen LogP contribution in [-0.4, -0.2) is 16.7 Å². The largest absolute Gasteiger partial charge is 0.364 e. The van der Waals surface area contributed by atoms with Gasteiger partial charge >= 0.3 is 0 Å². The maximum Gasteiger partial charge on any atom is 0.272 e. The van der Waals surface area contributed by atoms with Crippen molar-refractivity contribution in [2.75, 3.05) is 11.9 Å². The van der Waals surface area contributed by atoms with E-state index in [4.69, 9.17) is 0 Å². The van der Waals surface area contributed by atoms with Crippen molar-refractivity contribution in [2.24, 2.45) is 5.92 Å². The van der Waals surface area contributed by atoms with Crippen molar-refractivity contribution < 1.29 is 0 Å². The third kappa shape index (κ3) is 2.96. The Morgan fingerprint density at radius 3 is 2.86 bits per heavy atom. The summed E-state index contributed by atoms with van der Waals surface area (Å²) in [4.78, 5) is 11.8. The fourth-order valence-corrected chi connectivity index (χ4v) is 2.94. The molecular weight excluding hydrogens is 274 g/mol. The van der Waals surface area contributed by atoms with Crippen LogP contribution >= 0.6 is 0 Å². The van der Waals surface area contributed by atoms with Gasteiger partial charge in [0, 0.05) is 11.9 Å². The molecule has 1 aliphatic carbocycles. The SMILES string of the molecule is C=C(C)[C@H]1CC=C(CNc2n[nH]c(=O)c3ccccc23)CC1. The van der Waals surface area contributed by atoms with Gasteiger partial charge in [-0.1, -0.05) is 42.0 Å². The molecule has 22 heavy (non-hydrogen) atoms. The summed E-state index contributed by atoms with van der Waals surface area (Å²) in [6.07, 6.45) is 5.64. The third-order valence-electron chi connectivity index (χ3n) is 4.38. The molecule has 0 bridgehead atoms. The van der Waals surface area contributed by atoms with Gasteiger partial charge in [-0.2, -0.15) is 5.10 Å². The maximum atomic E-state index is 11.8. The number of nitrogens with one attached hydrogen (secondary N) is 2. The Morgan fingerprint density at radius 1 is 1.41 bits per heavy atom. The minimum absolute atomic E-state index is 0.151. The Morgan fingerprint density at radius 2 is 2.18 bits per heavy atom. The van der Waals surface area contributed by atoms with Gasteiger partial charge in [-0.05, 0) is 38.2 Å². The zero-order chi connectivity index (χ0) is 15.5. The van der Waals surface area contributed by atoms with Crippen LogP contribution in [0.25, 0.3) is 10.8 Å². The highest BCUT2D eigenvalue weighted by molar-refractivity contribution is 5.90. The van der Waals surface area contributed by atoms with Gasteiger partial charge in [0.1, 0.15) is 0 Å². The van der Waals surface area contributed by atoms with Crippen molar-refractivity contribution in [3.8, 4) is 0 Å². The maximum absolute atomic E-state index is 11.8. The number of H-pyrrole nitrogens is 1. The second-order valence-corrected chi connectivity index (χ2v) is 5.98. The molecule has 4 heteroatoms. The minimum Gasteiger partial charge on any atom is -0.364 e. The number of anilines is 1. The molecule has 0 fully saturated rings. The Bertz CT molecular complexity index is 788. The first-order valence-corrected chi connectivity index (χ1v) is 7.69. The average molecular weight is 295 g/mol. The predicted molar refractivity (Wildman–Crippen MR) is 91.1 cm³/mol. The number of hydrogen-bond donors (Lipinski definition) is 2. The number of fused-ring (bicyclic) bond motifs is 1. The molecule has 3 rings (SSSR count). The van der Waals surface area contributed by atoms with Gasteiger partial charge < -0.3 is 5.32 Å². The molecule has 1 aliphatic rings. The van der Waals surface area contributed by atoms with Crippen LogP contribution in [-0.2, 0) is 0 Å². The lowest BCUT2D eigenvalue weighted by atomic mass is 9.85. The average Bonchev–Trinajstić information content (AvgIpc) is 2.55. The fourth-order valence-electron chi connectivity index (χ4n) is 2.94. The number of benzene rings is 1. The van der Waals surface area contributed by atoms with Crippen molar-refractivity contribution in [3.05, 3.63) is 58.4 Å². The topological polar surface area (TPSA) is 57.8 Å². The molecule has 0 saturated carbocycles. The van der Waals surface area contributed by atoms with Crippen LogP contribution in [0.4, 0.5) is 5.82 Å². The van der Waals surface area contributed by atoms with Gasteiger partial charge in [-0.25, -0.2) is 5.10 Å². The third-order valence-corrected chi connectivity index (χ3v) is 4.38. The zero-order valence-corrected chi connectivity index (χ0v) is 12.9. The summed E-state index contributed by atoms with van der Waals surface area (Å²) in [6, 6.07) is 7.53. The van der Waals surface area contributed by atoms with E-state index in [2.05, 4.69) is 35.1 Å². The summed E-state index contributed by atoms with van der Waals surface area (Å²) in [5, 5.41) is 11.6. The first-order chi connectivity index (χ1) is 10.6. The number of aromatic nitrogens is 2. The van der Waals surface area contributed by atoms with Crippen molar-refractivity contribution in [3.63, 3.8) is 0 Å². The fraction of sp³-hybridized carbons (Fsp3) is 0.333. The van der Waals surface area contributed by atoms with Gasteiger partial charge in [-0.15, -0.1) is 0 Å². The lowest BCUT2D eigenvalue weighted by molar-refractivity contribution is 0.538. The molecule has 1 aromatic carbocycles. The van der Waals surface area contributed by atoms with Crippen LogP contribution in [0, 0.1) is 5.92 Å². The Hall–Kier alpha value is -2.36. The highest BCUT2D eigenvalue weighted by Crippen LogP contribution is 2.28. The van der Waals surface area contributed by atoms with Gasteiger partial charge in [0.2, 0.25) is 0 Å². The van der Waals surface area contributed by atoms with E-state index in [1.807, 2.05) is 24.3 Å². The van der Waals surface area contributed by atoms with Gasteiger partial charge in [0.25, 0.3) is 5.56 Å². The summed E-state index contributed by atoms with van der Waals surface area (Å²) >= 11 is 0. The molecular formula is C18H21N3O. The highest BCUT2D eigenvalue weighted by atomic mass is 16.1. The van der Waals surface area contributed by atoms with Crippen molar-refractivity contribution in [1.29, 1.82) is 0 Å². The first kappa shape index (κ1) is 14.6. The van der Waals surface area contributed by atoms with Gasteiger partial charge in [0.05, 0.1) is 5.39 Å². The lowest BCUT2D eigenvalue weighted by Crippen LogP contribution is -2.15. The molecule has 0 radical (unpaired) electrons. The van der Waals surface area contributed by atoms with E-state index >= 15 is 0 Å². The second kappa shape index (κ2) is 6.18. The Labute approximate surface area is 129 Å². The van der Waals surface area contributed by atoms with E-state index < -0.39 is 0 Å². The Balaban J connectivity index is 1.74. The van der Waals surface area contributed by atoms with Crippen LogP contribution in [0.5, 0.6) is 0 Å². The summed E-state index contributed by atoms with van der Waals surface area (Å²) in [6.45, 7) is 6.93. The quantitative estimate of drug-likeness (QED) is 0.847. The summed E-state index contributed by atoms with van der Waals surface area (Å²) in [7, 11) is 0. The molecule has 0 saturated heterocycles. The lowest BCUT2D eigenvalue weighted by Gasteiger charge is -2.22. The van der Waals surface area contributed by atoms with E-state index in [1.54, 1.807) is 0 Å². The first-order valence-electron chi connectivity index (χ1n) is 7.69. The summed E-state index contributed by atoms with van der Waals surface area (Å²) < 4.78 is 0. The van der Waals surface area contributed by atoms with Crippen LogP contribution in [0.1, 0.15) is 26.2 Å². The number of nitrogens with zero attached hydrogens (tertiary/aromatic N) is 1. The number of allylic oxidation sites excluding steroid dienone is 2. The van der Waals surface area contributed by atoms with Crippen LogP contribution in [0.15, 0.2) is 52.9 Å². The monoisotopic (exact) mass is 295 g/mol. The molecule has 0 unspecified atom stereocenters. The second-order valence-electron chi connectivity index (χ2n) is 5.98. The minimum atomic E-state index is -0.151. The molecule has 0 spiro atoms. The van der Waals surface area contributed by atoms with Crippen LogP contribution in [0.2, 0.25) is 0 Å². The van der Waals surface area contributed by atoms with Crippen molar-refractivity contribution >= 4 is 16.6 Å². The van der Waals surface area contributed by atoms with E-state index in [-0.39, 0.29) is 5.56 Å². The molecule has 1 heterocycles. The number of rotatable bonds is 4. The van der Waals surface area contributed by atoms with Crippen LogP contribution < -0.4 is 10.9 Å². The molecule has 2 N–H and O–H groups in total. The van der Waals surface area contributed by atoms with Crippen LogP contribution in [0.3, 0.4) is 0 Å². The van der Waals surface area contributed by atoms with Gasteiger partial charge in [0.15, 0.2) is 5.82 Å². The molecule has 114 valence electrons. The van der Waals surface area contributed by atoms with E-state index in [1.165, 1.54) is 17.6 Å². The normalized spacial score (nSPS) is 18.0. The molecule has 1 aromatic heterocycles. The van der Waals surface area contributed by atoms with E-state index in [0.29, 0.717) is 11.3 Å². The predicted octanol–water partition coefficient (Wildman–Crippen LogP) is 3.64. The smallest absolute Gasteiger partial charge is 0.272 e. The molecule has 2 aromatic rings. The molecule has 4 nitrogen and oxygen atoms in total. The van der Waals surface area contributed by atoms with Crippen molar-refractivity contribution in [2.45, 2.75) is 26.2 Å².